The van der Waals surface area contributed by atoms with E-state index in [1.807, 2.05) is 0 Å². The number of carboxylic acid groups (broad SMARTS) is 1. The number of likely N-dealkylation sites (tertiary alicyclic amines) is 1. The Morgan fingerprint density at radius 1 is 1.17 bits per heavy atom. The molecule has 3 heterocycles. The van der Waals surface area contributed by atoms with Gasteiger partial charge in [-0.2, -0.15) is 0 Å². The van der Waals surface area contributed by atoms with Gasteiger partial charge in [0.1, 0.15) is 6.04 Å². The van der Waals surface area contributed by atoms with Crippen LogP contribution in [0.25, 0.3) is 0 Å². The van der Waals surface area contributed by atoms with Crippen LogP contribution in [0.2, 0.25) is 0 Å². The minimum atomic E-state index is -1.12. The number of fused-ring (bicyclic) bond motifs is 9. The van der Waals surface area contributed by atoms with Crippen molar-refractivity contribution in [2.24, 2.45) is 35.5 Å². The summed E-state index contributed by atoms with van der Waals surface area (Å²) in [6.45, 7) is 7.73. The minimum Gasteiger partial charge on any atom is -0.480 e. The summed E-state index contributed by atoms with van der Waals surface area (Å²) in [5.74, 6) is -2.66. The summed E-state index contributed by atoms with van der Waals surface area (Å²) in [7, 11) is 0. The van der Waals surface area contributed by atoms with Crippen molar-refractivity contribution in [3.8, 4) is 0 Å². The van der Waals surface area contributed by atoms with E-state index in [1.54, 1.807) is 25.6 Å². The van der Waals surface area contributed by atoms with Gasteiger partial charge in [0.25, 0.3) is 0 Å². The summed E-state index contributed by atoms with van der Waals surface area (Å²) in [6.07, 6.45) is 0.824. The number of carbonyl (C=O) groups excluding carboxylic acids is 2. The van der Waals surface area contributed by atoms with Gasteiger partial charge in [-0.05, 0) is 30.1 Å². The number of imide groups is 1. The van der Waals surface area contributed by atoms with Crippen molar-refractivity contribution in [1.82, 2.24) is 9.88 Å². The van der Waals surface area contributed by atoms with E-state index in [9.17, 15) is 24.3 Å². The number of thiazole rings is 1. The van der Waals surface area contributed by atoms with Crippen LogP contribution in [-0.4, -0.2) is 44.1 Å². The molecule has 1 saturated heterocycles. The third-order valence-electron chi connectivity index (χ3n) is 7.59. The second-order valence-electron chi connectivity index (χ2n) is 9.69. The van der Waals surface area contributed by atoms with Crippen molar-refractivity contribution in [2.45, 2.75) is 55.8 Å². The van der Waals surface area contributed by atoms with E-state index in [-0.39, 0.29) is 51.0 Å². The predicted octanol–water partition coefficient (Wildman–Crippen LogP) is 2.16. The van der Waals surface area contributed by atoms with Crippen LogP contribution in [0.1, 0.15) is 39.0 Å². The average Bonchev–Trinajstić information content (AvgIpc) is 3.32. The maximum Gasteiger partial charge on any atom is 0.327 e. The van der Waals surface area contributed by atoms with Crippen LogP contribution in [0.4, 0.5) is 0 Å². The lowest BCUT2D eigenvalue weighted by atomic mass is 9.64. The highest BCUT2D eigenvalue weighted by molar-refractivity contribution is 8.00. The molecule has 156 valence electrons. The van der Waals surface area contributed by atoms with Crippen molar-refractivity contribution in [1.29, 1.82) is 0 Å². The number of H-pyrrole nitrogens is 1. The molecule has 5 rings (SSSR count). The molecular formula is C20H24N2O5S2. The summed E-state index contributed by atoms with van der Waals surface area (Å²) < 4.78 is 0. The number of nitrogens with one attached hydrogen (secondary N) is 1. The van der Waals surface area contributed by atoms with Gasteiger partial charge in [0.2, 0.25) is 11.8 Å². The van der Waals surface area contributed by atoms with Crippen molar-refractivity contribution in [3.05, 3.63) is 14.5 Å². The third-order valence-corrected chi connectivity index (χ3v) is 10.4. The van der Waals surface area contributed by atoms with Gasteiger partial charge in [-0.25, -0.2) is 4.79 Å². The Hall–Kier alpha value is -1.61. The quantitative estimate of drug-likeness (QED) is 0.703. The first-order valence-corrected chi connectivity index (χ1v) is 11.7. The summed E-state index contributed by atoms with van der Waals surface area (Å²) in [4.78, 5) is 55.4. The summed E-state index contributed by atoms with van der Waals surface area (Å²) in [5, 5.41) is 10.7. The molecule has 1 aromatic heterocycles. The number of carbonyl (C=O) groups is 3. The van der Waals surface area contributed by atoms with Crippen molar-refractivity contribution in [2.75, 3.05) is 0 Å². The molecule has 1 aromatic rings. The minimum absolute atomic E-state index is 0.0406. The topological polar surface area (TPSA) is 108 Å². The number of nitrogens with zero attached hydrogens (tertiary/aromatic N) is 1. The maximum absolute atomic E-state index is 13.4. The lowest BCUT2D eigenvalue weighted by Crippen LogP contribution is -2.49. The molecule has 2 saturated carbocycles. The number of thioether (sulfide) groups is 1. The Labute approximate surface area is 176 Å². The van der Waals surface area contributed by atoms with Gasteiger partial charge in [0.05, 0.1) is 16.9 Å². The van der Waals surface area contributed by atoms with Crippen molar-refractivity contribution in [3.63, 3.8) is 0 Å². The van der Waals surface area contributed by atoms with E-state index in [1.165, 1.54) is 11.3 Å². The molecule has 0 unspecified atom stereocenters. The highest BCUT2D eigenvalue weighted by atomic mass is 32.2. The third kappa shape index (κ3) is 2.31. The number of aromatic amines is 1. The number of rotatable bonds is 3. The van der Waals surface area contributed by atoms with Crippen LogP contribution < -0.4 is 4.87 Å². The number of hydrogen-bond acceptors (Lipinski definition) is 6. The number of hydrogen-bond donors (Lipinski definition) is 2. The molecular weight excluding hydrogens is 412 g/mol. The van der Waals surface area contributed by atoms with E-state index < -0.39 is 23.8 Å². The van der Waals surface area contributed by atoms with Gasteiger partial charge >= 0.3 is 10.8 Å². The molecule has 2 amide bonds. The Morgan fingerprint density at radius 2 is 1.79 bits per heavy atom. The Bertz CT molecular complexity index is 995. The van der Waals surface area contributed by atoms with E-state index in [0.717, 1.165) is 21.2 Å². The zero-order valence-electron chi connectivity index (χ0n) is 16.7. The van der Waals surface area contributed by atoms with Crippen LogP contribution in [0.15, 0.2) is 9.82 Å². The molecule has 3 fully saturated rings. The fourth-order valence-electron chi connectivity index (χ4n) is 6.64. The van der Waals surface area contributed by atoms with Crippen LogP contribution in [0, 0.1) is 35.5 Å². The molecule has 29 heavy (non-hydrogen) atoms. The van der Waals surface area contributed by atoms with Crippen molar-refractivity contribution < 1.29 is 19.5 Å². The highest BCUT2D eigenvalue weighted by Crippen LogP contribution is 2.69. The normalized spacial score (nSPS) is 37.6. The van der Waals surface area contributed by atoms with Crippen LogP contribution in [0.5, 0.6) is 0 Å². The lowest BCUT2D eigenvalue weighted by molar-refractivity contribution is -0.157. The van der Waals surface area contributed by atoms with Gasteiger partial charge in [0.15, 0.2) is 0 Å². The highest BCUT2D eigenvalue weighted by Gasteiger charge is 2.71. The van der Waals surface area contributed by atoms with Gasteiger partial charge in [-0.15, -0.1) is 11.8 Å². The maximum atomic E-state index is 13.4. The van der Waals surface area contributed by atoms with Crippen LogP contribution >= 0.6 is 23.1 Å². The fraction of sp³-hybridized carbons (Fsp3) is 0.700. The number of aliphatic carboxylic acids is 1. The molecule has 0 spiro atoms. The fourth-order valence-corrected chi connectivity index (χ4v) is 9.80. The molecule has 4 aliphatic rings. The molecule has 0 aromatic carbocycles. The molecule has 7 nitrogen and oxygen atoms in total. The summed E-state index contributed by atoms with van der Waals surface area (Å²) >= 11 is 2.89. The molecule has 2 bridgehead atoms. The van der Waals surface area contributed by atoms with E-state index >= 15 is 0 Å². The van der Waals surface area contributed by atoms with Gasteiger partial charge < -0.3 is 10.1 Å². The smallest absolute Gasteiger partial charge is 0.327 e. The van der Waals surface area contributed by atoms with Gasteiger partial charge in [-0.1, -0.05) is 39.0 Å². The first-order chi connectivity index (χ1) is 13.6. The molecule has 7 atom stereocenters. The summed E-state index contributed by atoms with van der Waals surface area (Å²) in [6, 6.07) is -1.11. The Morgan fingerprint density at radius 3 is 2.38 bits per heavy atom. The Balaban J connectivity index is 1.56. The lowest BCUT2D eigenvalue weighted by Gasteiger charge is -2.47. The predicted molar refractivity (Wildman–Crippen MR) is 108 cm³/mol. The first-order valence-electron chi connectivity index (χ1n) is 10.1. The number of aromatic nitrogens is 1. The molecule has 2 aliphatic heterocycles. The molecule has 0 radical (unpaired) electrons. The molecule has 2 aliphatic carbocycles. The van der Waals surface area contributed by atoms with Crippen LogP contribution in [0.3, 0.4) is 0 Å². The van der Waals surface area contributed by atoms with E-state index in [0.29, 0.717) is 0 Å². The van der Waals surface area contributed by atoms with Gasteiger partial charge in [-0.3, -0.25) is 19.3 Å². The number of carboxylic acids is 1. The largest absolute Gasteiger partial charge is 0.480 e. The van der Waals surface area contributed by atoms with Crippen molar-refractivity contribution >= 4 is 40.9 Å². The average molecular weight is 437 g/mol. The van der Waals surface area contributed by atoms with Gasteiger partial charge in [0, 0.05) is 15.5 Å². The Kier molecular flexibility index (Phi) is 3.98. The summed E-state index contributed by atoms with van der Waals surface area (Å²) in [5.41, 5.74) is -0.263. The molecule has 9 heteroatoms. The number of amides is 2. The molecule has 2 N–H and O–H groups in total. The first kappa shape index (κ1) is 19.4. The zero-order chi connectivity index (χ0) is 21.0. The standard InChI is InChI=1S/C20H24N2O5S2/c1-6(2)12(18(25)26)22-16(23)9-7-5-8(10(9)17(22)24)13-11(7)20(3,4)14-15(28-13)21-19(27)29-14/h6-13H,5H2,1-4H3,(H,21,27)(H,25,26)/t7-,8-,9-,10+,11+,12-,13+/m0/s1. The van der Waals surface area contributed by atoms with E-state index in [2.05, 4.69) is 18.8 Å². The van der Waals surface area contributed by atoms with E-state index in [4.69, 9.17) is 0 Å². The second-order valence-corrected chi connectivity index (χ2v) is 11.9. The zero-order valence-corrected chi connectivity index (χ0v) is 18.3. The SMILES string of the molecule is CC(C)[C@@H](C(=O)O)N1C(=O)[C@@H]2[C@@H]3C[C@@H]([C@@H]2C1=O)[C@@H]1[C@@H]3Sc2[nH]c(=O)sc2C1(C)C. The van der Waals surface area contributed by atoms with Crippen LogP contribution in [-0.2, 0) is 19.8 Å². The second kappa shape index (κ2) is 5.97. The monoisotopic (exact) mass is 436 g/mol.